The van der Waals surface area contributed by atoms with Gasteiger partial charge in [0.05, 0.1) is 11.6 Å². The standard InChI is InChI=1S/C14H17BrO2/c1-9(16)7-11-8-10-5-3-4-6-12(10)13(15)14(11)17-2/h8H,3-7H2,1-2H3. The number of rotatable bonds is 3. The lowest BCUT2D eigenvalue weighted by Crippen LogP contribution is -2.08. The van der Waals surface area contributed by atoms with Crippen LogP contribution in [0, 0.1) is 0 Å². The number of Topliss-reactive ketones (excluding diaryl/α,β-unsaturated/α-hetero) is 1. The number of halogens is 1. The predicted molar refractivity (Wildman–Crippen MR) is 71.7 cm³/mol. The van der Waals surface area contributed by atoms with Crippen molar-refractivity contribution in [3.63, 3.8) is 0 Å². The minimum atomic E-state index is 0.172. The molecule has 3 heteroatoms. The largest absolute Gasteiger partial charge is 0.495 e. The zero-order chi connectivity index (χ0) is 12.4. The van der Waals surface area contributed by atoms with Crippen LogP contribution in [-0.4, -0.2) is 12.9 Å². The minimum absolute atomic E-state index is 0.172. The summed E-state index contributed by atoms with van der Waals surface area (Å²) in [6, 6.07) is 2.15. The van der Waals surface area contributed by atoms with E-state index in [9.17, 15) is 4.79 Å². The Balaban J connectivity index is 2.51. The molecule has 0 heterocycles. The van der Waals surface area contributed by atoms with E-state index in [1.165, 1.54) is 24.0 Å². The fourth-order valence-electron chi connectivity index (χ4n) is 2.51. The fourth-order valence-corrected chi connectivity index (χ4v) is 3.38. The molecule has 0 fully saturated rings. The van der Waals surface area contributed by atoms with E-state index < -0.39 is 0 Å². The van der Waals surface area contributed by atoms with Gasteiger partial charge < -0.3 is 4.74 Å². The number of benzene rings is 1. The second-order valence-corrected chi connectivity index (χ2v) is 5.40. The van der Waals surface area contributed by atoms with Crippen molar-refractivity contribution < 1.29 is 9.53 Å². The zero-order valence-corrected chi connectivity index (χ0v) is 11.9. The summed E-state index contributed by atoms with van der Waals surface area (Å²) in [7, 11) is 1.67. The summed E-state index contributed by atoms with van der Waals surface area (Å²) in [5.74, 6) is 1.01. The Kier molecular flexibility index (Phi) is 3.87. The quantitative estimate of drug-likeness (QED) is 0.854. The second kappa shape index (κ2) is 5.21. The molecule has 0 radical (unpaired) electrons. The van der Waals surface area contributed by atoms with Crippen LogP contribution in [0.3, 0.4) is 0 Å². The van der Waals surface area contributed by atoms with Crippen LogP contribution < -0.4 is 4.74 Å². The number of fused-ring (bicyclic) bond motifs is 1. The molecule has 92 valence electrons. The molecule has 0 atom stereocenters. The number of methoxy groups -OCH3 is 1. The number of hydrogen-bond acceptors (Lipinski definition) is 2. The highest BCUT2D eigenvalue weighted by molar-refractivity contribution is 9.10. The highest BCUT2D eigenvalue weighted by atomic mass is 79.9. The molecule has 1 aromatic carbocycles. The molecule has 0 bridgehead atoms. The van der Waals surface area contributed by atoms with Crippen molar-refractivity contribution in [2.45, 2.75) is 39.0 Å². The van der Waals surface area contributed by atoms with E-state index in [-0.39, 0.29) is 5.78 Å². The lowest BCUT2D eigenvalue weighted by Gasteiger charge is -2.21. The smallest absolute Gasteiger partial charge is 0.136 e. The van der Waals surface area contributed by atoms with Gasteiger partial charge in [0.1, 0.15) is 11.5 Å². The molecule has 2 nitrogen and oxygen atoms in total. The summed E-state index contributed by atoms with van der Waals surface area (Å²) >= 11 is 3.63. The highest BCUT2D eigenvalue weighted by Crippen LogP contribution is 2.38. The summed E-state index contributed by atoms with van der Waals surface area (Å²) in [6.07, 6.45) is 5.15. The molecule has 0 amide bonds. The van der Waals surface area contributed by atoms with Crippen LogP contribution >= 0.6 is 15.9 Å². The average molecular weight is 297 g/mol. The Labute approximate surface area is 110 Å². The Bertz CT molecular complexity index is 452. The lowest BCUT2D eigenvalue weighted by atomic mass is 9.89. The van der Waals surface area contributed by atoms with E-state index in [1.54, 1.807) is 14.0 Å². The first kappa shape index (κ1) is 12.6. The summed E-state index contributed by atoms with van der Waals surface area (Å²) < 4.78 is 6.49. The van der Waals surface area contributed by atoms with E-state index >= 15 is 0 Å². The third-order valence-corrected chi connectivity index (χ3v) is 4.10. The molecule has 2 rings (SSSR count). The van der Waals surface area contributed by atoms with E-state index in [2.05, 4.69) is 22.0 Å². The fraction of sp³-hybridized carbons (Fsp3) is 0.500. The first-order valence-electron chi connectivity index (χ1n) is 6.00. The van der Waals surface area contributed by atoms with Gasteiger partial charge in [0, 0.05) is 12.0 Å². The van der Waals surface area contributed by atoms with Gasteiger partial charge >= 0.3 is 0 Å². The molecule has 0 N–H and O–H groups in total. The third-order valence-electron chi connectivity index (χ3n) is 3.26. The topological polar surface area (TPSA) is 26.3 Å². The van der Waals surface area contributed by atoms with Crippen molar-refractivity contribution in [1.29, 1.82) is 0 Å². The van der Waals surface area contributed by atoms with Crippen LogP contribution in [-0.2, 0) is 24.1 Å². The molecule has 1 aromatic rings. The number of ether oxygens (including phenoxy) is 1. The van der Waals surface area contributed by atoms with Gasteiger partial charge in [0.25, 0.3) is 0 Å². The Morgan fingerprint density at radius 1 is 1.41 bits per heavy atom. The Hall–Kier alpha value is -0.830. The molecule has 0 aliphatic heterocycles. The molecular weight excluding hydrogens is 280 g/mol. The van der Waals surface area contributed by atoms with Gasteiger partial charge in [-0.15, -0.1) is 0 Å². The van der Waals surface area contributed by atoms with Gasteiger partial charge in [0.15, 0.2) is 0 Å². The Morgan fingerprint density at radius 3 is 2.76 bits per heavy atom. The molecule has 0 saturated heterocycles. The maximum atomic E-state index is 11.3. The van der Waals surface area contributed by atoms with E-state index in [1.807, 2.05) is 0 Å². The second-order valence-electron chi connectivity index (χ2n) is 4.61. The highest BCUT2D eigenvalue weighted by Gasteiger charge is 2.19. The van der Waals surface area contributed by atoms with Gasteiger partial charge in [-0.25, -0.2) is 0 Å². The molecule has 0 saturated carbocycles. The van der Waals surface area contributed by atoms with E-state index in [4.69, 9.17) is 4.74 Å². The average Bonchev–Trinajstić information content (AvgIpc) is 2.29. The van der Waals surface area contributed by atoms with Gasteiger partial charge in [-0.1, -0.05) is 6.07 Å². The molecule has 0 unspecified atom stereocenters. The van der Waals surface area contributed by atoms with Crippen LogP contribution in [0.1, 0.15) is 36.5 Å². The van der Waals surface area contributed by atoms with Crippen molar-refractivity contribution in [1.82, 2.24) is 0 Å². The summed E-state index contributed by atoms with van der Waals surface area (Å²) in [6.45, 7) is 1.62. The molecule has 1 aliphatic rings. The van der Waals surface area contributed by atoms with E-state index in [0.717, 1.165) is 28.6 Å². The van der Waals surface area contributed by atoms with E-state index in [0.29, 0.717) is 6.42 Å². The number of aryl methyl sites for hydroxylation is 1. The van der Waals surface area contributed by atoms with Gasteiger partial charge in [-0.2, -0.15) is 0 Å². The first-order chi connectivity index (χ1) is 8.13. The summed E-state index contributed by atoms with van der Waals surface area (Å²) in [5, 5.41) is 0. The lowest BCUT2D eigenvalue weighted by molar-refractivity contribution is -0.116. The monoisotopic (exact) mass is 296 g/mol. The maximum Gasteiger partial charge on any atom is 0.136 e. The minimum Gasteiger partial charge on any atom is -0.495 e. The number of hydrogen-bond donors (Lipinski definition) is 0. The molecule has 1 aliphatic carbocycles. The first-order valence-corrected chi connectivity index (χ1v) is 6.79. The molecule has 0 spiro atoms. The van der Waals surface area contributed by atoms with Crippen molar-refractivity contribution in [2.75, 3.05) is 7.11 Å². The van der Waals surface area contributed by atoms with Gasteiger partial charge in [0.2, 0.25) is 0 Å². The normalized spacial score (nSPS) is 14.3. The Morgan fingerprint density at radius 2 is 2.12 bits per heavy atom. The number of ketones is 1. The van der Waals surface area contributed by atoms with Crippen molar-refractivity contribution in [3.8, 4) is 5.75 Å². The predicted octanol–water partition coefficient (Wildman–Crippen LogP) is 3.47. The molecule has 17 heavy (non-hydrogen) atoms. The molecular formula is C14H17BrO2. The van der Waals surface area contributed by atoms with Crippen LogP contribution in [0.4, 0.5) is 0 Å². The van der Waals surface area contributed by atoms with Crippen LogP contribution in [0.15, 0.2) is 10.5 Å². The van der Waals surface area contributed by atoms with Crippen molar-refractivity contribution >= 4 is 21.7 Å². The maximum absolute atomic E-state index is 11.3. The van der Waals surface area contributed by atoms with Crippen LogP contribution in [0.5, 0.6) is 5.75 Å². The van der Waals surface area contributed by atoms with Gasteiger partial charge in [-0.05, 0) is 59.7 Å². The zero-order valence-electron chi connectivity index (χ0n) is 10.3. The third kappa shape index (κ3) is 2.54. The van der Waals surface area contributed by atoms with Crippen LogP contribution in [0.2, 0.25) is 0 Å². The van der Waals surface area contributed by atoms with Crippen molar-refractivity contribution in [3.05, 3.63) is 27.2 Å². The molecule has 0 aromatic heterocycles. The van der Waals surface area contributed by atoms with Crippen molar-refractivity contribution in [2.24, 2.45) is 0 Å². The summed E-state index contributed by atoms with van der Waals surface area (Å²) in [5.41, 5.74) is 3.74. The SMILES string of the molecule is COc1c(CC(C)=O)cc2c(c1Br)CCCC2. The number of carbonyl (C=O) groups is 1. The number of carbonyl (C=O) groups excluding carboxylic acids is 1. The summed E-state index contributed by atoms with van der Waals surface area (Å²) in [4.78, 5) is 11.3. The van der Waals surface area contributed by atoms with Crippen LogP contribution in [0.25, 0.3) is 0 Å². The van der Waals surface area contributed by atoms with Gasteiger partial charge in [-0.3, -0.25) is 4.79 Å².